The third-order valence-electron chi connectivity index (χ3n) is 3.58. The van der Waals surface area contributed by atoms with Gasteiger partial charge in [0.15, 0.2) is 0 Å². The molecule has 0 aromatic heterocycles. The van der Waals surface area contributed by atoms with Gasteiger partial charge in [0.2, 0.25) is 0 Å². The molecule has 1 saturated carbocycles. The van der Waals surface area contributed by atoms with E-state index in [4.69, 9.17) is 5.73 Å². The molecule has 78 valence electrons. The molecule has 0 aromatic carbocycles. The van der Waals surface area contributed by atoms with E-state index in [-0.39, 0.29) is 5.54 Å². The summed E-state index contributed by atoms with van der Waals surface area (Å²) in [7, 11) is 0. The second kappa shape index (κ2) is 4.00. The maximum absolute atomic E-state index is 6.39. The zero-order valence-electron chi connectivity index (χ0n) is 9.53. The van der Waals surface area contributed by atoms with Crippen LogP contribution in [0.4, 0.5) is 0 Å². The first-order valence-electron chi connectivity index (χ1n) is 5.76. The third-order valence-corrected chi connectivity index (χ3v) is 3.58. The lowest BCUT2D eigenvalue weighted by atomic mass is 9.82. The van der Waals surface area contributed by atoms with Crippen LogP contribution in [0.15, 0.2) is 0 Å². The fourth-order valence-electron chi connectivity index (χ4n) is 2.50. The van der Waals surface area contributed by atoms with Gasteiger partial charge in [-0.25, -0.2) is 0 Å². The van der Waals surface area contributed by atoms with Gasteiger partial charge in [-0.1, -0.05) is 33.6 Å². The van der Waals surface area contributed by atoms with E-state index in [9.17, 15) is 0 Å². The molecule has 1 atom stereocenters. The molecule has 1 unspecified atom stereocenters. The highest BCUT2D eigenvalue weighted by Gasteiger charge is 2.31. The average Bonchev–Trinajstić information content (AvgIpc) is 2.13. The second-order valence-corrected chi connectivity index (χ2v) is 5.63. The van der Waals surface area contributed by atoms with Crippen molar-refractivity contribution in [2.24, 2.45) is 11.1 Å². The summed E-state index contributed by atoms with van der Waals surface area (Å²) >= 11 is 0. The molecule has 2 N–H and O–H groups in total. The minimum Gasteiger partial charge on any atom is -0.325 e. The lowest BCUT2D eigenvalue weighted by Crippen LogP contribution is -2.39. The van der Waals surface area contributed by atoms with Gasteiger partial charge in [0.05, 0.1) is 0 Å². The molecule has 1 aliphatic carbocycles. The molecule has 13 heavy (non-hydrogen) atoms. The van der Waals surface area contributed by atoms with E-state index in [1.807, 2.05) is 0 Å². The predicted molar refractivity (Wildman–Crippen MR) is 58.7 cm³/mol. The largest absolute Gasteiger partial charge is 0.325 e. The maximum atomic E-state index is 6.39. The van der Waals surface area contributed by atoms with Gasteiger partial charge in [-0.15, -0.1) is 0 Å². The number of hydrogen-bond donors (Lipinski definition) is 1. The van der Waals surface area contributed by atoms with E-state index in [0.717, 1.165) is 0 Å². The van der Waals surface area contributed by atoms with Crippen molar-refractivity contribution in [1.29, 1.82) is 0 Å². The maximum Gasteiger partial charge on any atom is 0.0154 e. The summed E-state index contributed by atoms with van der Waals surface area (Å²) in [6.07, 6.45) is 8.90. The van der Waals surface area contributed by atoms with Gasteiger partial charge < -0.3 is 5.73 Å². The van der Waals surface area contributed by atoms with Crippen LogP contribution < -0.4 is 5.73 Å². The van der Waals surface area contributed by atoms with E-state index in [2.05, 4.69) is 20.8 Å². The third kappa shape index (κ3) is 3.30. The van der Waals surface area contributed by atoms with Crippen LogP contribution in [0, 0.1) is 5.41 Å². The molecule has 0 bridgehead atoms. The Hall–Kier alpha value is -0.0400. The van der Waals surface area contributed by atoms with Crippen LogP contribution in [0.2, 0.25) is 0 Å². The summed E-state index contributed by atoms with van der Waals surface area (Å²) in [5, 5.41) is 0. The van der Waals surface area contributed by atoms with Crippen LogP contribution in [-0.2, 0) is 0 Å². The lowest BCUT2D eigenvalue weighted by Gasteiger charge is -2.28. The van der Waals surface area contributed by atoms with Gasteiger partial charge in [0, 0.05) is 5.54 Å². The molecular formula is C12H25N. The van der Waals surface area contributed by atoms with Crippen molar-refractivity contribution in [2.75, 3.05) is 0 Å². The Morgan fingerprint density at radius 3 is 2.38 bits per heavy atom. The molecule has 1 heteroatoms. The van der Waals surface area contributed by atoms with Crippen molar-refractivity contribution in [2.45, 2.75) is 71.3 Å². The SMILES string of the molecule is CCCC1(N)CCCC(C)(C)CC1. The van der Waals surface area contributed by atoms with Crippen LogP contribution in [0.25, 0.3) is 0 Å². The summed E-state index contributed by atoms with van der Waals surface area (Å²) in [5.74, 6) is 0. The summed E-state index contributed by atoms with van der Waals surface area (Å²) in [4.78, 5) is 0. The molecule has 1 aliphatic rings. The van der Waals surface area contributed by atoms with Gasteiger partial charge in [0.25, 0.3) is 0 Å². The quantitative estimate of drug-likeness (QED) is 0.652. The van der Waals surface area contributed by atoms with Crippen molar-refractivity contribution < 1.29 is 0 Å². The van der Waals surface area contributed by atoms with Crippen LogP contribution >= 0.6 is 0 Å². The topological polar surface area (TPSA) is 26.0 Å². The molecule has 0 saturated heterocycles. The van der Waals surface area contributed by atoms with Crippen molar-refractivity contribution >= 4 is 0 Å². The Morgan fingerprint density at radius 1 is 1.08 bits per heavy atom. The first kappa shape index (κ1) is 11.0. The molecule has 1 fully saturated rings. The summed E-state index contributed by atoms with van der Waals surface area (Å²) in [5.41, 5.74) is 7.10. The highest BCUT2D eigenvalue weighted by Crippen LogP contribution is 2.38. The number of nitrogens with two attached hydrogens (primary N) is 1. The lowest BCUT2D eigenvalue weighted by molar-refractivity contribution is 0.290. The fourth-order valence-corrected chi connectivity index (χ4v) is 2.50. The van der Waals surface area contributed by atoms with Crippen molar-refractivity contribution in [3.05, 3.63) is 0 Å². The Labute approximate surface area is 83.1 Å². The number of rotatable bonds is 2. The minimum atomic E-state index is 0.169. The van der Waals surface area contributed by atoms with E-state index in [0.29, 0.717) is 5.41 Å². The van der Waals surface area contributed by atoms with Gasteiger partial charge in [-0.05, 0) is 37.5 Å². The average molecular weight is 183 g/mol. The molecule has 0 radical (unpaired) electrons. The molecule has 1 rings (SSSR count). The van der Waals surface area contributed by atoms with Gasteiger partial charge in [-0.3, -0.25) is 0 Å². The fraction of sp³-hybridized carbons (Fsp3) is 1.00. The second-order valence-electron chi connectivity index (χ2n) is 5.63. The van der Waals surface area contributed by atoms with E-state index in [1.54, 1.807) is 0 Å². The number of hydrogen-bond acceptors (Lipinski definition) is 1. The first-order chi connectivity index (χ1) is 5.97. The Bertz CT molecular complexity index is 163. The van der Waals surface area contributed by atoms with Gasteiger partial charge in [0.1, 0.15) is 0 Å². The smallest absolute Gasteiger partial charge is 0.0154 e. The monoisotopic (exact) mass is 183 g/mol. The Morgan fingerprint density at radius 2 is 1.77 bits per heavy atom. The predicted octanol–water partition coefficient (Wildman–Crippen LogP) is 3.47. The molecular weight excluding hydrogens is 158 g/mol. The van der Waals surface area contributed by atoms with Crippen molar-refractivity contribution in [3.63, 3.8) is 0 Å². The zero-order valence-corrected chi connectivity index (χ0v) is 9.53. The van der Waals surface area contributed by atoms with Crippen molar-refractivity contribution in [3.8, 4) is 0 Å². The molecule has 0 amide bonds. The van der Waals surface area contributed by atoms with E-state index < -0.39 is 0 Å². The van der Waals surface area contributed by atoms with Gasteiger partial charge in [-0.2, -0.15) is 0 Å². The summed E-state index contributed by atoms with van der Waals surface area (Å²) in [6.45, 7) is 7.00. The highest BCUT2D eigenvalue weighted by atomic mass is 14.7. The van der Waals surface area contributed by atoms with Crippen LogP contribution in [0.1, 0.15) is 65.7 Å². The van der Waals surface area contributed by atoms with E-state index >= 15 is 0 Å². The zero-order chi connectivity index (χ0) is 9.95. The molecule has 0 aromatic rings. The van der Waals surface area contributed by atoms with Crippen molar-refractivity contribution in [1.82, 2.24) is 0 Å². The van der Waals surface area contributed by atoms with Crippen LogP contribution in [0.5, 0.6) is 0 Å². The molecule has 0 spiro atoms. The molecule has 0 heterocycles. The normalized spacial score (nSPS) is 34.2. The minimum absolute atomic E-state index is 0.169. The highest BCUT2D eigenvalue weighted by molar-refractivity contribution is 4.89. The molecule has 0 aliphatic heterocycles. The summed E-state index contributed by atoms with van der Waals surface area (Å²) in [6, 6.07) is 0. The van der Waals surface area contributed by atoms with Crippen LogP contribution in [0.3, 0.4) is 0 Å². The van der Waals surface area contributed by atoms with Gasteiger partial charge >= 0.3 is 0 Å². The Balaban J connectivity index is 2.53. The van der Waals surface area contributed by atoms with E-state index in [1.165, 1.54) is 44.9 Å². The molecule has 1 nitrogen and oxygen atoms in total. The standard InChI is InChI=1S/C12H25N/c1-4-6-12(13)8-5-7-11(2,3)9-10-12/h4-10,13H2,1-3H3. The first-order valence-corrected chi connectivity index (χ1v) is 5.76. The van der Waals surface area contributed by atoms with Crippen LogP contribution in [-0.4, -0.2) is 5.54 Å². The Kier molecular flexibility index (Phi) is 3.39. The summed E-state index contributed by atoms with van der Waals surface area (Å²) < 4.78 is 0.